The molecule has 1 amide bonds. The van der Waals surface area contributed by atoms with Gasteiger partial charge in [0.2, 0.25) is 5.95 Å². The number of amides is 1. The predicted octanol–water partition coefficient (Wildman–Crippen LogP) is 6.74. The predicted molar refractivity (Wildman–Crippen MR) is 174 cm³/mol. The number of nitriles is 1. The first-order valence-corrected chi connectivity index (χ1v) is 16.5. The van der Waals surface area contributed by atoms with E-state index >= 15 is 0 Å². The number of halogens is 6. The van der Waals surface area contributed by atoms with E-state index in [4.69, 9.17) is 14.6 Å². The zero-order valence-electron chi connectivity index (χ0n) is 27.9. The molecule has 12 nitrogen and oxygen atoms in total. The number of morpholine rings is 1. The zero-order valence-corrected chi connectivity index (χ0v) is 27.9. The van der Waals surface area contributed by atoms with Gasteiger partial charge >= 0.3 is 24.4 Å². The molecule has 0 spiro atoms. The second-order valence-electron chi connectivity index (χ2n) is 12.3. The van der Waals surface area contributed by atoms with Gasteiger partial charge in [-0.25, -0.2) is 19.7 Å². The van der Waals surface area contributed by atoms with E-state index in [0.29, 0.717) is 44.1 Å². The van der Waals surface area contributed by atoms with Gasteiger partial charge < -0.3 is 24.8 Å². The van der Waals surface area contributed by atoms with Gasteiger partial charge in [0, 0.05) is 32.0 Å². The summed E-state index contributed by atoms with van der Waals surface area (Å²) in [7, 11) is 0. The number of carbonyl (C=O) groups excluding carboxylic acids is 1. The van der Waals surface area contributed by atoms with Crippen molar-refractivity contribution in [2.24, 2.45) is 0 Å². The number of carboxylic acid groups (broad SMARTS) is 1. The molecule has 4 heterocycles. The molecular weight excluding hydrogens is 700 g/mol. The number of alkyl halides is 6. The van der Waals surface area contributed by atoms with Crippen LogP contribution >= 0.6 is 0 Å². The summed E-state index contributed by atoms with van der Waals surface area (Å²) >= 11 is 0. The summed E-state index contributed by atoms with van der Waals surface area (Å²) in [6.45, 7) is 3.34. The van der Waals surface area contributed by atoms with Gasteiger partial charge in [-0.3, -0.25) is 9.69 Å². The molecule has 5 rings (SSSR count). The van der Waals surface area contributed by atoms with Crippen LogP contribution in [-0.4, -0.2) is 71.1 Å². The Balaban J connectivity index is 1.50. The maximum atomic E-state index is 13.9. The number of unbranched alkanes of at least 4 members (excludes halogenated alkanes) is 1. The lowest BCUT2D eigenvalue weighted by Gasteiger charge is -2.39. The van der Waals surface area contributed by atoms with Crippen molar-refractivity contribution in [3.63, 3.8) is 0 Å². The molecule has 2 aliphatic heterocycles. The van der Waals surface area contributed by atoms with Crippen molar-refractivity contribution in [2.45, 2.75) is 69.9 Å². The number of ether oxygens (including phenoxy) is 2. The van der Waals surface area contributed by atoms with E-state index in [1.165, 1.54) is 17.2 Å². The Morgan fingerprint density at radius 2 is 1.81 bits per heavy atom. The van der Waals surface area contributed by atoms with Gasteiger partial charge in [-0.2, -0.15) is 31.6 Å². The number of carbonyl (C=O) groups is 2. The molecule has 0 aliphatic carbocycles. The second-order valence-corrected chi connectivity index (χ2v) is 12.3. The summed E-state index contributed by atoms with van der Waals surface area (Å²) < 4.78 is 93.6. The smallest absolute Gasteiger partial charge is 0.433 e. The summed E-state index contributed by atoms with van der Waals surface area (Å²) in [4.78, 5) is 40.2. The van der Waals surface area contributed by atoms with Crippen LogP contribution < -0.4 is 15.1 Å². The maximum Gasteiger partial charge on any atom is 0.433 e. The van der Waals surface area contributed by atoms with E-state index < -0.39 is 47.8 Å². The number of aromatic nitrogens is 3. The minimum absolute atomic E-state index is 0.0426. The third-order valence-electron chi connectivity index (χ3n) is 8.66. The minimum Gasteiger partial charge on any atom is -0.481 e. The van der Waals surface area contributed by atoms with Gasteiger partial charge in [-0.1, -0.05) is 6.92 Å². The van der Waals surface area contributed by atoms with Crippen LogP contribution in [0.5, 0.6) is 0 Å². The first-order valence-electron chi connectivity index (χ1n) is 16.5. The van der Waals surface area contributed by atoms with Crippen molar-refractivity contribution in [2.75, 3.05) is 48.0 Å². The molecule has 2 aliphatic rings. The van der Waals surface area contributed by atoms with Crippen molar-refractivity contribution in [1.29, 1.82) is 5.26 Å². The first kappa shape index (κ1) is 38.1. The molecule has 0 unspecified atom stereocenters. The monoisotopic (exact) mass is 735 g/mol. The molecule has 3 aromatic rings. The maximum absolute atomic E-state index is 13.9. The van der Waals surface area contributed by atoms with E-state index in [9.17, 15) is 41.2 Å². The Labute approximate surface area is 294 Å². The number of fused-ring (bicyclic) bond motifs is 1. The van der Waals surface area contributed by atoms with Gasteiger partial charge in [0.15, 0.2) is 0 Å². The highest BCUT2D eigenvalue weighted by Crippen LogP contribution is 2.41. The largest absolute Gasteiger partial charge is 0.481 e. The lowest BCUT2D eigenvalue weighted by molar-refractivity contribution is -0.141. The van der Waals surface area contributed by atoms with E-state index in [2.05, 4.69) is 20.3 Å². The summed E-state index contributed by atoms with van der Waals surface area (Å²) in [5.41, 5.74) is -1.47. The third-order valence-corrected chi connectivity index (χ3v) is 8.66. The molecule has 1 saturated heterocycles. The normalized spacial score (nSPS) is 17.7. The highest BCUT2D eigenvalue weighted by molar-refractivity contribution is 5.90. The quantitative estimate of drug-likeness (QED) is 0.159. The number of benzene rings is 1. The van der Waals surface area contributed by atoms with Crippen molar-refractivity contribution in [3.05, 3.63) is 70.3 Å². The lowest BCUT2D eigenvalue weighted by atomic mass is 9.93. The van der Waals surface area contributed by atoms with Crippen LogP contribution in [0.25, 0.3) is 0 Å². The molecule has 0 radical (unpaired) electrons. The van der Waals surface area contributed by atoms with Crippen LogP contribution in [0.3, 0.4) is 0 Å². The SMILES string of the molecule is CC[C@@H]1C[C@H](Nc2ncc(N3CCOCC3)c(Cc3cc(C#N)cc(C(F)(F)F)c3)n2)c2nc(C(F)(F)F)ccc2N1C(=O)OCCCCC(=O)O. The fourth-order valence-electron chi connectivity index (χ4n) is 6.15. The number of hydrogen-bond acceptors (Lipinski definition) is 10. The molecule has 1 fully saturated rings. The third kappa shape index (κ3) is 9.18. The number of rotatable bonds is 11. The average Bonchev–Trinajstić information content (AvgIpc) is 3.10. The second kappa shape index (κ2) is 16.0. The number of nitrogens with zero attached hydrogens (tertiary/aromatic N) is 6. The van der Waals surface area contributed by atoms with E-state index in [0.717, 1.165) is 24.3 Å². The summed E-state index contributed by atoms with van der Waals surface area (Å²) in [5.74, 6) is -1.04. The van der Waals surface area contributed by atoms with Crippen LogP contribution in [0, 0.1) is 11.3 Å². The van der Waals surface area contributed by atoms with Crippen molar-refractivity contribution in [3.8, 4) is 6.07 Å². The fourth-order valence-corrected chi connectivity index (χ4v) is 6.15. The van der Waals surface area contributed by atoms with Crippen LogP contribution in [-0.2, 0) is 33.0 Å². The molecule has 0 bridgehead atoms. The number of carboxylic acids is 1. The van der Waals surface area contributed by atoms with Gasteiger partial charge in [0.1, 0.15) is 5.69 Å². The van der Waals surface area contributed by atoms with Crippen LogP contribution in [0.2, 0.25) is 0 Å². The lowest BCUT2D eigenvalue weighted by Crippen LogP contribution is -2.46. The van der Waals surface area contributed by atoms with Gasteiger partial charge in [-0.05, 0) is 61.6 Å². The van der Waals surface area contributed by atoms with Crippen molar-refractivity contribution in [1.82, 2.24) is 15.0 Å². The Morgan fingerprint density at radius 3 is 2.46 bits per heavy atom. The highest BCUT2D eigenvalue weighted by Gasteiger charge is 2.41. The molecule has 0 saturated carbocycles. The molecule has 2 atom stereocenters. The van der Waals surface area contributed by atoms with E-state index in [-0.39, 0.29) is 67.2 Å². The number of aliphatic carboxylic acids is 1. The Kier molecular flexibility index (Phi) is 11.7. The summed E-state index contributed by atoms with van der Waals surface area (Å²) in [6.07, 6.45) is -8.16. The van der Waals surface area contributed by atoms with Crippen molar-refractivity contribution < 1.29 is 50.5 Å². The topological polar surface area (TPSA) is 154 Å². The highest BCUT2D eigenvalue weighted by atomic mass is 19.4. The molecule has 278 valence electrons. The Morgan fingerprint density at radius 1 is 1.06 bits per heavy atom. The van der Waals surface area contributed by atoms with E-state index in [1.54, 1.807) is 13.0 Å². The minimum atomic E-state index is -4.81. The standard InChI is InChI=1S/C34H35F6N7O5/c1-2-23-17-25(30-26(6-7-28(45-30)34(38,39)40)47(23)32(50)52-10-4-3-5-29(48)49)44-31-42-19-27(46-8-11-51-12-9-46)24(43-31)16-20-13-21(18-41)15-22(14-20)33(35,36)37/h6-7,13-15,19,23,25H,2-5,8-12,16-17H2,1H3,(H,48,49)(H,42,43,44)/t23-,25+/m1/s1. The molecule has 1 aromatic carbocycles. The zero-order chi connectivity index (χ0) is 37.6. The summed E-state index contributed by atoms with van der Waals surface area (Å²) in [5, 5.41) is 21.3. The van der Waals surface area contributed by atoms with Crippen LogP contribution in [0.4, 0.5) is 48.5 Å². The molecular formula is C34H35F6N7O5. The molecule has 52 heavy (non-hydrogen) atoms. The Bertz CT molecular complexity index is 1810. The van der Waals surface area contributed by atoms with Crippen molar-refractivity contribution >= 4 is 29.4 Å². The number of hydrogen-bond donors (Lipinski definition) is 2. The summed E-state index contributed by atoms with van der Waals surface area (Å²) in [6, 6.07) is 5.17. The van der Waals surface area contributed by atoms with E-state index in [1.807, 2.05) is 4.90 Å². The van der Waals surface area contributed by atoms with Gasteiger partial charge in [0.05, 0.1) is 72.0 Å². The number of nitrogens with one attached hydrogen (secondary N) is 1. The first-order chi connectivity index (χ1) is 24.7. The van der Waals surface area contributed by atoms with Gasteiger partial charge in [-0.15, -0.1) is 0 Å². The molecule has 2 N–H and O–H groups in total. The number of pyridine rings is 1. The fraction of sp³-hybridized carbons (Fsp3) is 0.471. The molecule has 2 aromatic heterocycles. The molecule has 18 heteroatoms. The van der Waals surface area contributed by atoms with Gasteiger partial charge in [0.25, 0.3) is 0 Å². The average molecular weight is 736 g/mol. The number of anilines is 3. The van der Waals surface area contributed by atoms with Crippen LogP contribution in [0.1, 0.15) is 78.8 Å². The van der Waals surface area contributed by atoms with Crippen LogP contribution in [0.15, 0.2) is 36.5 Å². The Hall–Kier alpha value is -5.18.